The van der Waals surface area contributed by atoms with Crippen LogP contribution in [-0.2, 0) is 16.2 Å². The van der Waals surface area contributed by atoms with Gasteiger partial charge in [0.2, 0.25) is 0 Å². The Morgan fingerprint density at radius 3 is 1.65 bits per heavy atom. The summed E-state index contributed by atoms with van der Waals surface area (Å²) in [5.41, 5.74) is 17.0. The van der Waals surface area contributed by atoms with Gasteiger partial charge in [-0.1, -0.05) is 140 Å². The first-order chi connectivity index (χ1) is 22.8. The van der Waals surface area contributed by atoms with Gasteiger partial charge < -0.3 is 4.98 Å². The van der Waals surface area contributed by atoms with Crippen molar-refractivity contribution < 1.29 is 0 Å². The van der Waals surface area contributed by atoms with Gasteiger partial charge in [-0.15, -0.1) is 0 Å². The van der Waals surface area contributed by atoms with Gasteiger partial charge >= 0.3 is 0 Å². The van der Waals surface area contributed by atoms with Crippen molar-refractivity contribution in [2.45, 2.75) is 71.6 Å². The second kappa shape index (κ2) is 10.5. The number of H-pyrrole nitrogens is 1. The molecule has 0 amide bonds. The fourth-order valence-corrected chi connectivity index (χ4v) is 7.58. The van der Waals surface area contributed by atoms with Gasteiger partial charge in [0.25, 0.3) is 0 Å². The van der Waals surface area contributed by atoms with Crippen molar-refractivity contribution in [3.8, 4) is 44.8 Å². The largest absolute Gasteiger partial charge is 0.354 e. The fraction of sp³-hybridized carbons (Fsp3) is 0.239. The molecule has 0 atom stereocenters. The van der Waals surface area contributed by atoms with Gasteiger partial charge in [0, 0.05) is 32.8 Å². The van der Waals surface area contributed by atoms with Crippen molar-refractivity contribution in [2.75, 3.05) is 0 Å². The van der Waals surface area contributed by atoms with E-state index in [1.807, 2.05) is 0 Å². The lowest BCUT2D eigenvalue weighted by Crippen LogP contribution is -2.15. The minimum absolute atomic E-state index is 0.106. The number of benzene rings is 5. The van der Waals surface area contributed by atoms with E-state index in [0.717, 1.165) is 22.5 Å². The lowest BCUT2D eigenvalue weighted by molar-refractivity contribution is 0.590. The minimum atomic E-state index is -0.141. The maximum Gasteiger partial charge on any atom is 0.0774 e. The van der Waals surface area contributed by atoms with E-state index in [2.05, 4.69) is 176 Å². The molecule has 238 valence electrons. The molecule has 1 aliphatic rings. The van der Waals surface area contributed by atoms with Crippen LogP contribution in [0.1, 0.15) is 77.6 Å². The third kappa shape index (κ3) is 4.89. The summed E-state index contributed by atoms with van der Waals surface area (Å²) < 4.78 is 0. The summed E-state index contributed by atoms with van der Waals surface area (Å²) in [5, 5.41) is 2.51. The molecule has 0 radical (unpaired) electrons. The Balaban J connectivity index is 1.31. The van der Waals surface area contributed by atoms with Crippen LogP contribution in [0.4, 0.5) is 0 Å². The normalized spacial score (nSPS) is 14.0. The third-order valence-electron chi connectivity index (χ3n) is 10.6. The first-order valence-corrected chi connectivity index (χ1v) is 17.2. The highest BCUT2D eigenvalue weighted by Gasteiger charge is 2.38. The molecule has 2 heterocycles. The molecule has 0 spiro atoms. The summed E-state index contributed by atoms with van der Waals surface area (Å²) in [7, 11) is 0. The number of rotatable bonds is 3. The van der Waals surface area contributed by atoms with Gasteiger partial charge in [-0.2, -0.15) is 0 Å². The lowest BCUT2D eigenvalue weighted by Gasteiger charge is -2.21. The highest BCUT2D eigenvalue weighted by molar-refractivity contribution is 6.13. The molecule has 0 saturated heterocycles. The van der Waals surface area contributed by atoms with E-state index in [0.29, 0.717) is 0 Å². The van der Waals surface area contributed by atoms with Crippen molar-refractivity contribution in [3.63, 3.8) is 0 Å². The second-order valence-electron chi connectivity index (χ2n) is 16.3. The van der Waals surface area contributed by atoms with Gasteiger partial charge in [-0.05, 0) is 85.7 Å². The quantitative estimate of drug-likeness (QED) is 0.208. The Kier molecular flexibility index (Phi) is 6.66. The molecule has 7 aromatic rings. The standard InChI is InChI=1S/C46H44N2/c1-44(2,3)33-17-13-28(14-18-33)30-25-31(29-15-19-34(20-16-29)45(4,5)6)27-32(26-30)39-24-23-38-43(47-39)41-37(46(38,7)8)22-21-36-35-11-9-10-12-40(35)48-42(36)41/h9-27,48H,1-8H3. The van der Waals surface area contributed by atoms with Crippen molar-refractivity contribution in [1.29, 1.82) is 0 Å². The van der Waals surface area contributed by atoms with E-state index >= 15 is 0 Å². The predicted octanol–water partition coefficient (Wildman–Crippen LogP) is 12.6. The van der Waals surface area contributed by atoms with Gasteiger partial charge in [0.05, 0.1) is 16.9 Å². The molecule has 2 aromatic heterocycles. The summed E-state index contributed by atoms with van der Waals surface area (Å²) in [5.74, 6) is 0. The number of nitrogens with zero attached hydrogens (tertiary/aromatic N) is 1. The van der Waals surface area contributed by atoms with Gasteiger partial charge in [0.15, 0.2) is 0 Å². The summed E-state index contributed by atoms with van der Waals surface area (Å²) in [6.45, 7) is 18.3. The van der Waals surface area contributed by atoms with Gasteiger partial charge in [-0.25, -0.2) is 4.98 Å². The van der Waals surface area contributed by atoms with E-state index in [-0.39, 0.29) is 16.2 Å². The molecule has 0 bridgehead atoms. The van der Waals surface area contributed by atoms with Crippen LogP contribution in [0.5, 0.6) is 0 Å². The van der Waals surface area contributed by atoms with Crippen LogP contribution in [0.25, 0.3) is 66.6 Å². The number of hydrogen-bond donors (Lipinski definition) is 1. The summed E-state index contributed by atoms with van der Waals surface area (Å²) in [4.78, 5) is 9.29. The maximum atomic E-state index is 5.52. The number of aromatic nitrogens is 2. The summed E-state index contributed by atoms with van der Waals surface area (Å²) >= 11 is 0. The Labute approximate surface area is 284 Å². The topological polar surface area (TPSA) is 28.7 Å². The molecule has 0 unspecified atom stereocenters. The molecule has 1 aliphatic carbocycles. The molecule has 0 fully saturated rings. The van der Waals surface area contributed by atoms with Crippen molar-refractivity contribution >= 4 is 21.8 Å². The minimum Gasteiger partial charge on any atom is -0.354 e. The fourth-order valence-electron chi connectivity index (χ4n) is 7.58. The molecule has 2 heteroatoms. The number of pyridine rings is 1. The predicted molar refractivity (Wildman–Crippen MR) is 205 cm³/mol. The first-order valence-electron chi connectivity index (χ1n) is 17.2. The van der Waals surface area contributed by atoms with E-state index in [1.165, 1.54) is 66.4 Å². The molecular formula is C46H44N2. The first kappa shape index (κ1) is 30.4. The highest BCUT2D eigenvalue weighted by Crippen LogP contribution is 2.51. The van der Waals surface area contributed by atoms with E-state index in [9.17, 15) is 0 Å². The lowest BCUT2D eigenvalue weighted by atomic mass is 9.82. The van der Waals surface area contributed by atoms with Crippen LogP contribution >= 0.6 is 0 Å². The van der Waals surface area contributed by atoms with Crippen LogP contribution in [0.15, 0.2) is 115 Å². The molecule has 0 aliphatic heterocycles. The Morgan fingerprint density at radius 2 is 1.06 bits per heavy atom. The van der Waals surface area contributed by atoms with Crippen molar-refractivity contribution in [1.82, 2.24) is 9.97 Å². The maximum absolute atomic E-state index is 5.52. The molecule has 8 rings (SSSR count). The molecule has 5 aromatic carbocycles. The number of aromatic amines is 1. The van der Waals surface area contributed by atoms with Gasteiger partial charge in [0.1, 0.15) is 0 Å². The van der Waals surface area contributed by atoms with E-state index in [1.54, 1.807) is 0 Å². The molecule has 48 heavy (non-hydrogen) atoms. The Bertz CT molecular complexity index is 2280. The average molecular weight is 625 g/mol. The van der Waals surface area contributed by atoms with E-state index in [4.69, 9.17) is 4.98 Å². The summed E-state index contributed by atoms with van der Waals surface area (Å²) in [6, 6.07) is 42.9. The molecule has 1 N–H and O–H groups in total. The van der Waals surface area contributed by atoms with Gasteiger partial charge in [-0.3, -0.25) is 0 Å². The smallest absolute Gasteiger partial charge is 0.0774 e. The zero-order chi connectivity index (χ0) is 33.6. The van der Waals surface area contributed by atoms with E-state index < -0.39 is 0 Å². The number of para-hydroxylation sites is 1. The third-order valence-corrected chi connectivity index (χ3v) is 10.6. The van der Waals surface area contributed by atoms with Crippen molar-refractivity contribution in [3.05, 3.63) is 138 Å². The average Bonchev–Trinajstić information content (AvgIpc) is 3.56. The molecule has 2 nitrogen and oxygen atoms in total. The molecule has 0 saturated carbocycles. The Morgan fingerprint density at radius 1 is 0.521 bits per heavy atom. The Hall–Kier alpha value is -4.95. The highest BCUT2D eigenvalue weighted by atomic mass is 14.8. The number of hydrogen-bond acceptors (Lipinski definition) is 1. The monoisotopic (exact) mass is 624 g/mol. The number of nitrogens with one attached hydrogen (secondary N) is 1. The van der Waals surface area contributed by atoms with Crippen molar-refractivity contribution in [2.24, 2.45) is 0 Å². The van der Waals surface area contributed by atoms with Crippen LogP contribution in [0.2, 0.25) is 0 Å². The zero-order valence-corrected chi connectivity index (χ0v) is 29.4. The SMILES string of the molecule is CC(C)(C)c1ccc(-c2cc(-c3ccc(C(C)(C)C)cc3)cc(-c3ccc4c(n3)-c3c(ccc5c3[nH]c3ccccc35)C4(C)C)c2)cc1. The second-order valence-corrected chi connectivity index (χ2v) is 16.3. The number of fused-ring (bicyclic) bond motifs is 7. The van der Waals surface area contributed by atoms with Crippen LogP contribution in [0, 0.1) is 0 Å². The van der Waals surface area contributed by atoms with Crippen LogP contribution in [-0.4, -0.2) is 9.97 Å². The molecular weight excluding hydrogens is 581 g/mol. The zero-order valence-electron chi connectivity index (χ0n) is 29.4. The van der Waals surface area contributed by atoms with Crippen LogP contribution in [0.3, 0.4) is 0 Å². The van der Waals surface area contributed by atoms with Crippen LogP contribution < -0.4 is 0 Å². The summed E-state index contributed by atoms with van der Waals surface area (Å²) in [6.07, 6.45) is 0.